The van der Waals surface area contributed by atoms with E-state index in [1.165, 1.54) is 0 Å². The largest absolute Gasteiger partial charge is 0.374 e. The van der Waals surface area contributed by atoms with Gasteiger partial charge in [0.25, 0.3) is 0 Å². The number of carbonyl (C=O) groups is 2. The first-order chi connectivity index (χ1) is 10.6. The molecule has 0 aromatic heterocycles. The number of ether oxygens (including phenoxy) is 1. The summed E-state index contributed by atoms with van der Waals surface area (Å²) in [6, 6.07) is 6.73. The van der Waals surface area contributed by atoms with Gasteiger partial charge in [0, 0.05) is 25.2 Å². The van der Waals surface area contributed by atoms with Crippen molar-refractivity contribution in [3.63, 3.8) is 0 Å². The van der Waals surface area contributed by atoms with Crippen LogP contribution in [0.15, 0.2) is 24.3 Å². The predicted molar refractivity (Wildman–Crippen MR) is 89.4 cm³/mol. The zero-order valence-electron chi connectivity index (χ0n) is 12.9. The minimum absolute atomic E-state index is 0. The Kier molecular flexibility index (Phi) is 7.80. The molecule has 3 amide bonds. The highest BCUT2D eigenvalue weighted by atomic mass is 35.5. The summed E-state index contributed by atoms with van der Waals surface area (Å²) in [6.45, 7) is 2.62. The number of primary amides is 1. The number of morpholine rings is 1. The lowest BCUT2D eigenvalue weighted by atomic mass is 10.1. The number of amides is 3. The summed E-state index contributed by atoms with van der Waals surface area (Å²) in [5.41, 5.74) is 12.1. The van der Waals surface area contributed by atoms with Crippen LogP contribution in [0.5, 0.6) is 0 Å². The molecule has 1 saturated heterocycles. The molecule has 1 aliphatic heterocycles. The smallest absolute Gasteiger partial charge is 0.317 e. The molecular weight excluding hydrogens is 320 g/mol. The molecule has 1 unspecified atom stereocenters. The molecule has 1 atom stereocenters. The number of carbonyl (C=O) groups excluding carboxylic acids is 2. The Bertz CT molecular complexity index is 522. The van der Waals surface area contributed by atoms with E-state index in [4.69, 9.17) is 16.2 Å². The second-order valence-electron chi connectivity index (χ2n) is 5.24. The lowest BCUT2D eigenvalue weighted by molar-refractivity contribution is -0.0165. The monoisotopic (exact) mass is 342 g/mol. The second kappa shape index (κ2) is 9.34. The van der Waals surface area contributed by atoms with Crippen molar-refractivity contribution in [1.29, 1.82) is 0 Å². The minimum Gasteiger partial charge on any atom is -0.374 e. The lowest BCUT2D eigenvalue weighted by Gasteiger charge is -2.32. The number of nitrogens with two attached hydrogens (primary N) is 2. The molecule has 5 N–H and O–H groups in total. The Morgan fingerprint density at radius 3 is 2.61 bits per heavy atom. The summed E-state index contributed by atoms with van der Waals surface area (Å²) < 4.78 is 5.55. The molecule has 1 aromatic carbocycles. The van der Waals surface area contributed by atoms with Crippen molar-refractivity contribution in [2.45, 2.75) is 19.1 Å². The number of urea groups is 1. The number of nitrogens with zero attached hydrogens (tertiary/aromatic N) is 1. The van der Waals surface area contributed by atoms with Gasteiger partial charge < -0.3 is 26.4 Å². The third kappa shape index (κ3) is 5.70. The fourth-order valence-electron chi connectivity index (χ4n) is 2.34. The van der Waals surface area contributed by atoms with Crippen molar-refractivity contribution in [2.24, 2.45) is 11.5 Å². The van der Waals surface area contributed by atoms with Gasteiger partial charge in [-0.1, -0.05) is 12.1 Å². The highest BCUT2D eigenvalue weighted by Gasteiger charge is 2.23. The topological polar surface area (TPSA) is 111 Å². The van der Waals surface area contributed by atoms with Crippen LogP contribution < -0.4 is 16.8 Å². The summed E-state index contributed by atoms with van der Waals surface area (Å²) in [5, 5.41) is 2.86. The first-order valence-electron chi connectivity index (χ1n) is 7.33. The third-order valence-electron chi connectivity index (χ3n) is 3.60. The molecular formula is C15H23ClN4O3. The molecule has 1 fully saturated rings. The van der Waals surface area contributed by atoms with Gasteiger partial charge in [-0.3, -0.25) is 4.79 Å². The fourth-order valence-corrected chi connectivity index (χ4v) is 2.34. The molecule has 0 radical (unpaired) electrons. The SMILES string of the molecule is Cl.NCCC1CN(C(=O)NCc2ccc(C(N)=O)cc2)CCO1. The summed E-state index contributed by atoms with van der Waals surface area (Å²) in [4.78, 5) is 24.9. The van der Waals surface area contributed by atoms with E-state index in [2.05, 4.69) is 5.32 Å². The van der Waals surface area contributed by atoms with Gasteiger partial charge in [0.2, 0.25) is 5.91 Å². The molecule has 0 aliphatic carbocycles. The first-order valence-corrected chi connectivity index (χ1v) is 7.33. The molecule has 1 aliphatic rings. The van der Waals surface area contributed by atoms with Crippen molar-refractivity contribution in [3.8, 4) is 0 Å². The van der Waals surface area contributed by atoms with E-state index < -0.39 is 5.91 Å². The van der Waals surface area contributed by atoms with Crippen LogP contribution in [-0.4, -0.2) is 49.2 Å². The number of hydrogen-bond donors (Lipinski definition) is 3. The summed E-state index contributed by atoms with van der Waals surface area (Å²) >= 11 is 0. The quantitative estimate of drug-likeness (QED) is 0.722. The van der Waals surface area contributed by atoms with E-state index in [-0.39, 0.29) is 24.5 Å². The number of benzene rings is 1. The maximum absolute atomic E-state index is 12.2. The van der Waals surface area contributed by atoms with Crippen molar-refractivity contribution < 1.29 is 14.3 Å². The van der Waals surface area contributed by atoms with Gasteiger partial charge in [-0.15, -0.1) is 12.4 Å². The normalized spacial score (nSPS) is 17.3. The average molecular weight is 343 g/mol. The molecule has 7 nitrogen and oxygen atoms in total. The van der Waals surface area contributed by atoms with Crippen LogP contribution in [0.4, 0.5) is 4.79 Å². The summed E-state index contributed by atoms with van der Waals surface area (Å²) in [7, 11) is 0. The maximum atomic E-state index is 12.2. The van der Waals surface area contributed by atoms with Gasteiger partial charge in [0.1, 0.15) is 0 Å². The average Bonchev–Trinajstić information content (AvgIpc) is 2.53. The number of halogens is 1. The first kappa shape index (κ1) is 19.2. The van der Waals surface area contributed by atoms with E-state index in [0.29, 0.717) is 38.3 Å². The van der Waals surface area contributed by atoms with Crippen LogP contribution in [0.25, 0.3) is 0 Å². The van der Waals surface area contributed by atoms with Crippen LogP contribution in [0.2, 0.25) is 0 Å². The molecule has 1 aromatic rings. The van der Waals surface area contributed by atoms with E-state index in [0.717, 1.165) is 12.0 Å². The van der Waals surface area contributed by atoms with E-state index in [9.17, 15) is 9.59 Å². The van der Waals surface area contributed by atoms with E-state index >= 15 is 0 Å². The van der Waals surface area contributed by atoms with Gasteiger partial charge in [-0.25, -0.2) is 4.79 Å². The molecule has 128 valence electrons. The number of hydrogen-bond acceptors (Lipinski definition) is 4. The number of nitrogens with one attached hydrogen (secondary N) is 1. The van der Waals surface area contributed by atoms with Crippen LogP contribution in [0, 0.1) is 0 Å². The van der Waals surface area contributed by atoms with Gasteiger partial charge in [0.05, 0.1) is 12.7 Å². The second-order valence-corrected chi connectivity index (χ2v) is 5.24. The standard InChI is InChI=1S/C15H22N4O3.ClH/c16-6-5-13-10-19(7-8-22-13)15(21)18-9-11-1-3-12(4-2-11)14(17)20;/h1-4,13H,5-10,16H2,(H2,17,20)(H,18,21);1H. The van der Waals surface area contributed by atoms with Gasteiger partial charge in [-0.05, 0) is 30.7 Å². The Balaban J connectivity index is 0.00000264. The van der Waals surface area contributed by atoms with Gasteiger partial charge in [0.15, 0.2) is 0 Å². The molecule has 1 heterocycles. The van der Waals surface area contributed by atoms with Crippen LogP contribution >= 0.6 is 12.4 Å². The Labute approximate surface area is 141 Å². The molecule has 0 saturated carbocycles. The zero-order valence-corrected chi connectivity index (χ0v) is 13.7. The molecule has 23 heavy (non-hydrogen) atoms. The highest BCUT2D eigenvalue weighted by molar-refractivity contribution is 5.92. The van der Waals surface area contributed by atoms with Crippen LogP contribution in [0.3, 0.4) is 0 Å². The van der Waals surface area contributed by atoms with Gasteiger partial charge in [-0.2, -0.15) is 0 Å². The van der Waals surface area contributed by atoms with Crippen molar-refractivity contribution in [2.75, 3.05) is 26.2 Å². The van der Waals surface area contributed by atoms with Crippen molar-refractivity contribution >= 4 is 24.3 Å². The van der Waals surface area contributed by atoms with Crippen LogP contribution in [0.1, 0.15) is 22.3 Å². The third-order valence-corrected chi connectivity index (χ3v) is 3.60. The fraction of sp³-hybridized carbons (Fsp3) is 0.467. The molecule has 0 spiro atoms. The van der Waals surface area contributed by atoms with Gasteiger partial charge >= 0.3 is 6.03 Å². The molecule has 2 rings (SSSR count). The maximum Gasteiger partial charge on any atom is 0.317 e. The molecule has 0 bridgehead atoms. The van der Waals surface area contributed by atoms with E-state index in [1.807, 2.05) is 0 Å². The Morgan fingerprint density at radius 1 is 1.30 bits per heavy atom. The summed E-state index contributed by atoms with van der Waals surface area (Å²) in [5.74, 6) is -0.463. The molecule has 8 heteroatoms. The van der Waals surface area contributed by atoms with E-state index in [1.54, 1.807) is 29.2 Å². The minimum atomic E-state index is -0.463. The summed E-state index contributed by atoms with van der Waals surface area (Å²) in [6.07, 6.45) is 0.762. The lowest BCUT2D eigenvalue weighted by Crippen LogP contribution is -2.49. The Morgan fingerprint density at radius 2 is 2.00 bits per heavy atom. The number of rotatable bonds is 5. The highest BCUT2D eigenvalue weighted by Crippen LogP contribution is 2.09. The zero-order chi connectivity index (χ0) is 15.9. The van der Waals surface area contributed by atoms with Crippen molar-refractivity contribution in [1.82, 2.24) is 10.2 Å². The predicted octanol–water partition coefficient (Wildman–Crippen LogP) is 0.467. The Hall–Kier alpha value is -1.83. The van der Waals surface area contributed by atoms with Crippen molar-refractivity contribution in [3.05, 3.63) is 35.4 Å². The van der Waals surface area contributed by atoms with Crippen LogP contribution in [-0.2, 0) is 11.3 Å².